The highest BCUT2D eigenvalue weighted by molar-refractivity contribution is 5.10. The van der Waals surface area contributed by atoms with Crippen molar-refractivity contribution in [2.24, 2.45) is 11.8 Å². The molecule has 0 heterocycles. The van der Waals surface area contributed by atoms with Crippen LogP contribution in [-0.2, 0) is 0 Å². The molecule has 0 bridgehead atoms. The molecule has 2 heteroatoms. The Morgan fingerprint density at radius 2 is 1.92 bits per heavy atom. The predicted octanol–water partition coefficient (Wildman–Crippen LogP) is 1.97. The first-order valence-electron chi connectivity index (χ1n) is 5.00. The average Bonchev–Trinajstić information content (AvgIpc) is 2.10. The zero-order valence-electron chi connectivity index (χ0n) is 9.12. The van der Waals surface area contributed by atoms with Crippen molar-refractivity contribution in [2.45, 2.75) is 40.2 Å². The Bertz CT molecular complexity index is 163. The molecule has 0 aliphatic heterocycles. The largest absolute Gasteiger partial charge is 0.397 e. The minimum atomic E-state index is -0.191. The highest BCUT2D eigenvalue weighted by Crippen LogP contribution is 2.28. The van der Waals surface area contributed by atoms with E-state index in [1.165, 1.54) is 0 Å². The lowest BCUT2D eigenvalue weighted by molar-refractivity contribution is 0.109. The molecule has 78 valence electrons. The highest BCUT2D eigenvalue weighted by Gasteiger charge is 2.24. The van der Waals surface area contributed by atoms with Crippen LogP contribution in [-0.4, -0.2) is 22.9 Å². The van der Waals surface area contributed by atoms with Crippen molar-refractivity contribution in [3.05, 3.63) is 11.6 Å². The fourth-order valence-corrected chi connectivity index (χ4v) is 1.43. The second-order valence-corrected chi connectivity index (χ2v) is 3.78. The molecule has 0 aromatic heterocycles. The highest BCUT2D eigenvalue weighted by atomic mass is 16.3. The quantitative estimate of drug-likeness (QED) is 0.568. The van der Waals surface area contributed by atoms with Gasteiger partial charge in [-0.15, -0.1) is 0 Å². The van der Waals surface area contributed by atoms with Gasteiger partial charge < -0.3 is 10.2 Å². The standard InChI is InChI=1S/C9H16O.C2H6O/c1-6-4-5-7(2)9(10)8(6)3;1-2-3/h5-6,8-10H,4H2,1-3H3;3H,2H2,1H3. The molecule has 2 nitrogen and oxygen atoms in total. The van der Waals surface area contributed by atoms with Crippen LogP contribution in [0.5, 0.6) is 0 Å². The molecule has 1 aliphatic rings. The van der Waals surface area contributed by atoms with E-state index in [1.807, 2.05) is 6.92 Å². The van der Waals surface area contributed by atoms with Crippen molar-refractivity contribution in [3.8, 4) is 0 Å². The first-order chi connectivity index (χ1) is 6.04. The molecular weight excluding hydrogens is 164 g/mol. The molecular formula is C11H22O2. The molecule has 0 saturated heterocycles. The normalized spacial score (nSPS) is 33.1. The summed E-state index contributed by atoms with van der Waals surface area (Å²) in [7, 11) is 0. The van der Waals surface area contributed by atoms with Gasteiger partial charge in [-0.1, -0.05) is 19.9 Å². The van der Waals surface area contributed by atoms with Gasteiger partial charge in [-0.2, -0.15) is 0 Å². The van der Waals surface area contributed by atoms with E-state index in [-0.39, 0.29) is 12.7 Å². The molecule has 0 fully saturated rings. The Hall–Kier alpha value is -0.340. The van der Waals surface area contributed by atoms with Crippen molar-refractivity contribution in [1.29, 1.82) is 0 Å². The lowest BCUT2D eigenvalue weighted by atomic mass is 9.80. The monoisotopic (exact) mass is 186 g/mol. The van der Waals surface area contributed by atoms with Crippen molar-refractivity contribution in [2.75, 3.05) is 6.61 Å². The molecule has 0 spiro atoms. The molecule has 3 unspecified atom stereocenters. The molecule has 0 saturated carbocycles. The zero-order chi connectivity index (χ0) is 10.4. The van der Waals surface area contributed by atoms with Crippen LogP contribution in [0, 0.1) is 11.8 Å². The van der Waals surface area contributed by atoms with Gasteiger partial charge in [0.2, 0.25) is 0 Å². The zero-order valence-corrected chi connectivity index (χ0v) is 9.12. The van der Waals surface area contributed by atoms with E-state index >= 15 is 0 Å². The summed E-state index contributed by atoms with van der Waals surface area (Å²) in [5.74, 6) is 1.07. The van der Waals surface area contributed by atoms with Crippen molar-refractivity contribution >= 4 is 0 Å². The van der Waals surface area contributed by atoms with E-state index in [4.69, 9.17) is 5.11 Å². The maximum Gasteiger partial charge on any atom is 0.0775 e. The Morgan fingerprint density at radius 3 is 2.31 bits per heavy atom. The fraction of sp³-hybridized carbons (Fsp3) is 0.818. The number of hydrogen-bond donors (Lipinski definition) is 2. The molecule has 1 rings (SSSR count). The lowest BCUT2D eigenvalue weighted by Crippen LogP contribution is -2.28. The second kappa shape index (κ2) is 6.17. The smallest absolute Gasteiger partial charge is 0.0775 e. The second-order valence-electron chi connectivity index (χ2n) is 3.78. The summed E-state index contributed by atoms with van der Waals surface area (Å²) in [5, 5.41) is 17.1. The maximum absolute atomic E-state index is 9.55. The first-order valence-corrected chi connectivity index (χ1v) is 5.00. The first kappa shape index (κ1) is 12.7. The van der Waals surface area contributed by atoms with E-state index in [2.05, 4.69) is 19.9 Å². The summed E-state index contributed by atoms with van der Waals surface area (Å²) < 4.78 is 0. The number of rotatable bonds is 0. The van der Waals surface area contributed by atoms with Crippen LogP contribution in [0.1, 0.15) is 34.1 Å². The summed E-state index contributed by atoms with van der Waals surface area (Å²) in [6.07, 6.45) is 3.09. The van der Waals surface area contributed by atoms with Gasteiger partial charge in [-0.25, -0.2) is 0 Å². The van der Waals surface area contributed by atoms with Crippen LogP contribution in [0.3, 0.4) is 0 Å². The van der Waals surface area contributed by atoms with E-state index in [0.717, 1.165) is 12.0 Å². The topological polar surface area (TPSA) is 40.5 Å². The lowest BCUT2D eigenvalue weighted by Gasteiger charge is -2.29. The van der Waals surface area contributed by atoms with Crippen molar-refractivity contribution in [1.82, 2.24) is 0 Å². The van der Waals surface area contributed by atoms with Crippen LogP contribution in [0.25, 0.3) is 0 Å². The van der Waals surface area contributed by atoms with Gasteiger partial charge >= 0.3 is 0 Å². The van der Waals surface area contributed by atoms with Gasteiger partial charge in [0.15, 0.2) is 0 Å². The molecule has 0 aromatic rings. The summed E-state index contributed by atoms with van der Waals surface area (Å²) in [6.45, 7) is 8.25. The maximum atomic E-state index is 9.55. The number of hydrogen-bond acceptors (Lipinski definition) is 2. The third-order valence-corrected chi connectivity index (χ3v) is 2.67. The molecule has 3 atom stereocenters. The van der Waals surface area contributed by atoms with Crippen LogP contribution < -0.4 is 0 Å². The van der Waals surface area contributed by atoms with E-state index in [9.17, 15) is 5.11 Å². The van der Waals surface area contributed by atoms with Crippen molar-refractivity contribution < 1.29 is 10.2 Å². The average molecular weight is 186 g/mol. The van der Waals surface area contributed by atoms with Crippen LogP contribution in [0.2, 0.25) is 0 Å². The summed E-state index contributed by atoms with van der Waals surface area (Å²) in [5.41, 5.74) is 1.14. The molecule has 0 radical (unpaired) electrons. The third kappa shape index (κ3) is 3.92. The van der Waals surface area contributed by atoms with Gasteiger partial charge in [0.1, 0.15) is 0 Å². The Balaban J connectivity index is 0.000000424. The Kier molecular flexibility index (Phi) is 6.00. The Morgan fingerprint density at radius 1 is 1.46 bits per heavy atom. The minimum absolute atomic E-state index is 0.191. The van der Waals surface area contributed by atoms with Crippen LogP contribution in [0.4, 0.5) is 0 Å². The predicted molar refractivity (Wildman–Crippen MR) is 55.5 cm³/mol. The molecule has 2 N–H and O–H groups in total. The summed E-state index contributed by atoms with van der Waals surface area (Å²) in [4.78, 5) is 0. The van der Waals surface area contributed by atoms with Gasteiger partial charge in [0.05, 0.1) is 6.10 Å². The van der Waals surface area contributed by atoms with Crippen LogP contribution in [0.15, 0.2) is 11.6 Å². The van der Waals surface area contributed by atoms with E-state index in [0.29, 0.717) is 11.8 Å². The van der Waals surface area contributed by atoms with Gasteiger partial charge in [-0.3, -0.25) is 0 Å². The molecule has 0 amide bonds. The number of allylic oxidation sites excluding steroid dienone is 1. The Labute approximate surface area is 81.3 Å². The number of aliphatic hydroxyl groups is 2. The summed E-state index contributed by atoms with van der Waals surface area (Å²) >= 11 is 0. The molecule has 1 aliphatic carbocycles. The minimum Gasteiger partial charge on any atom is -0.397 e. The fourth-order valence-electron chi connectivity index (χ4n) is 1.43. The third-order valence-electron chi connectivity index (χ3n) is 2.67. The molecule has 0 aromatic carbocycles. The number of aliphatic hydroxyl groups excluding tert-OH is 2. The van der Waals surface area contributed by atoms with Gasteiger partial charge in [0.25, 0.3) is 0 Å². The van der Waals surface area contributed by atoms with Crippen molar-refractivity contribution in [3.63, 3.8) is 0 Å². The van der Waals surface area contributed by atoms with E-state index < -0.39 is 0 Å². The SMILES string of the molecule is CC1=CCC(C)C(C)C1O.CCO. The summed E-state index contributed by atoms with van der Waals surface area (Å²) in [6, 6.07) is 0. The van der Waals surface area contributed by atoms with Crippen LogP contribution >= 0.6 is 0 Å². The van der Waals surface area contributed by atoms with Gasteiger partial charge in [0, 0.05) is 6.61 Å². The van der Waals surface area contributed by atoms with E-state index in [1.54, 1.807) is 6.92 Å². The van der Waals surface area contributed by atoms with Gasteiger partial charge in [-0.05, 0) is 37.7 Å². The molecule has 13 heavy (non-hydrogen) atoms.